The number of hydrogen-bond donors (Lipinski definition) is 1. The highest BCUT2D eigenvalue weighted by molar-refractivity contribution is 6.30. The van der Waals surface area contributed by atoms with Gasteiger partial charge in [-0.2, -0.15) is 0 Å². The number of nitrogens with two attached hydrogens (primary N) is 1. The highest BCUT2D eigenvalue weighted by Crippen LogP contribution is 2.24. The maximum atomic E-state index is 13.1. The topological polar surface area (TPSA) is 69.2 Å². The van der Waals surface area contributed by atoms with Crippen LogP contribution in [0, 0.1) is 15.9 Å². The molecule has 1 unspecified atom stereocenters. The van der Waals surface area contributed by atoms with Crippen molar-refractivity contribution in [2.45, 2.75) is 18.9 Å². The molecule has 0 aliphatic rings. The van der Waals surface area contributed by atoms with E-state index in [0.717, 1.165) is 5.56 Å². The molecule has 2 aromatic carbocycles. The molecule has 0 saturated carbocycles. The van der Waals surface area contributed by atoms with Crippen LogP contribution in [0.5, 0.6) is 0 Å². The van der Waals surface area contributed by atoms with Crippen LogP contribution in [-0.2, 0) is 12.8 Å². The first-order valence-corrected chi connectivity index (χ1v) is 6.76. The average molecular weight is 309 g/mol. The van der Waals surface area contributed by atoms with Gasteiger partial charge in [-0.3, -0.25) is 10.1 Å². The second kappa shape index (κ2) is 6.65. The Morgan fingerprint density at radius 1 is 1.24 bits per heavy atom. The molecule has 0 fully saturated rings. The van der Waals surface area contributed by atoms with Gasteiger partial charge in [0.25, 0.3) is 5.69 Å². The molecule has 0 aliphatic carbocycles. The normalized spacial score (nSPS) is 12.1. The predicted molar refractivity (Wildman–Crippen MR) is 79.9 cm³/mol. The molecule has 4 nitrogen and oxygen atoms in total. The zero-order valence-corrected chi connectivity index (χ0v) is 11.9. The maximum absolute atomic E-state index is 13.1. The highest BCUT2D eigenvalue weighted by atomic mass is 35.5. The monoisotopic (exact) mass is 308 g/mol. The number of rotatable bonds is 5. The number of nitro groups is 1. The Morgan fingerprint density at radius 2 is 2.00 bits per heavy atom. The van der Waals surface area contributed by atoms with E-state index in [1.54, 1.807) is 18.2 Å². The minimum atomic E-state index is -0.458. The summed E-state index contributed by atoms with van der Waals surface area (Å²) in [5, 5.41) is 11.4. The van der Waals surface area contributed by atoms with Gasteiger partial charge >= 0.3 is 0 Å². The molecule has 2 N–H and O–H groups in total. The summed E-state index contributed by atoms with van der Waals surface area (Å²) in [6.45, 7) is 0. The Kier molecular flexibility index (Phi) is 4.88. The molecule has 0 bridgehead atoms. The minimum Gasteiger partial charge on any atom is -0.327 e. The maximum Gasteiger partial charge on any atom is 0.272 e. The third-order valence-corrected chi connectivity index (χ3v) is 3.34. The second-order valence-corrected chi connectivity index (χ2v) is 5.26. The van der Waals surface area contributed by atoms with Gasteiger partial charge in [-0.1, -0.05) is 23.7 Å². The summed E-state index contributed by atoms with van der Waals surface area (Å²) in [6, 6.07) is 10.2. The molecule has 0 spiro atoms. The fourth-order valence-corrected chi connectivity index (χ4v) is 2.41. The minimum absolute atomic E-state index is 0.00547. The van der Waals surface area contributed by atoms with Crippen LogP contribution in [0.3, 0.4) is 0 Å². The molecule has 21 heavy (non-hydrogen) atoms. The summed E-state index contributed by atoms with van der Waals surface area (Å²) in [5.41, 5.74) is 7.25. The van der Waals surface area contributed by atoms with Crippen LogP contribution in [0.4, 0.5) is 10.1 Å². The molecule has 1 atom stereocenters. The molecule has 0 heterocycles. The van der Waals surface area contributed by atoms with Crippen molar-refractivity contribution >= 4 is 17.3 Å². The molecular formula is C15H14ClFN2O2. The fourth-order valence-electron chi connectivity index (χ4n) is 2.22. The smallest absolute Gasteiger partial charge is 0.272 e. The van der Waals surface area contributed by atoms with Crippen molar-refractivity contribution in [2.24, 2.45) is 5.73 Å². The van der Waals surface area contributed by atoms with Crippen molar-refractivity contribution in [3.05, 3.63) is 74.5 Å². The molecule has 0 aliphatic heterocycles. The second-order valence-electron chi connectivity index (χ2n) is 4.83. The van der Waals surface area contributed by atoms with Crippen molar-refractivity contribution in [3.63, 3.8) is 0 Å². The van der Waals surface area contributed by atoms with Gasteiger partial charge in [-0.15, -0.1) is 0 Å². The van der Waals surface area contributed by atoms with E-state index in [-0.39, 0.29) is 17.5 Å². The summed E-state index contributed by atoms with van der Waals surface area (Å²) in [4.78, 5) is 10.5. The first kappa shape index (κ1) is 15.4. The Bertz CT molecular complexity index is 664. The Morgan fingerprint density at radius 3 is 2.67 bits per heavy atom. The van der Waals surface area contributed by atoms with E-state index in [1.807, 2.05) is 0 Å². The molecule has 6 heteroatoms. The SMILES string of the molecule is NC(Cc1cccc(F)c1)Cc1cc(Cl)ccc1[N+](=O)[O-]. The van der Waals surface area contributed by atoms with Crippen molar-refractivity contribution in [2.75, 3.05) is 0 Å². The quantitative estimate of drug-likeness (QED) is 0.679. The molecule has 2 rings (SSSR count). The van der Waals surface area contributed by atoms with Crippen LogP contribution >= 0.6 is 11.6 Å². The molecule has 0 aromatic heterocycles. The molecule has 110 valence electrons. The Labute approximate surface area is 126 Å². The van der Waals surface area contributed by atoms with Gasteiger partial charge in [0, 0.05) is 22.7 Å². The summed E-state index contributed by atoms with van der Waals surface area (Å²) >= 11 is 5.87. The van der Waals surface area contributed by atoms with Crippen LogP contribution in [0.15, 0.2) is 42.5 Å². The lowest BCUT2D eigenvalue weighted by Gasteiger charge is -2.12. The number of halogens is 2. The summed E-state index contributed by atoms with van der Waals surface area (Å²) in [6.07, 6.45) is 0.731. The molecular weight excluding hydrogens is 295 g/mol. The molecule has 0 amide bonds. The number of nitrogens with zero attached hydrogens (tertiary/aromatic N) is 1. The van der Waals surface area contributed by atoms with E-state index in [0.29, 0.717) is 23.4 Å². The predicted octanol–water partition coefficient (Wildman–Crippen LogP) is 3.50. The van der Waals surface area contributed by atoms with E-state index in [4.69, 9.17) is 17.3 Å². The number of benzene rings is 2. The van der Waals surface area contributed by atoms with Gasteiger partial charge in [-0.25, -0.2) is 4.39 Å². The lowest BCUT2D eigenvalue weighted by Crippen LogP contribution is -2.26. The van der Waals surface area contributed by atoms with Gasteiger partial charge in [0.1, 0.15) is 5.82 Å². The van der Waals surface area contributed by atoms with Crippen LogP contribution in [-0.4, -0.2) is 11.0 Å². The average Bonchev–Trinajstić information content (AvgIpc) is 2.38. The largest absolute Gasteiger partial charge is 0.327 e. The zero-order chi connectivity index (χ0) is 15.4. The molecule has 0 radical (unpaired) electrons. The van der Waals surface area contributed by atoms with Crippen LogP contribution in [0.1, 0.15) is 11.1 Å². The lowest BCUT2D eigenvalue weighted by molar-refractivity contribution is -0.385. The third kappa shape index (κ3) is 4.24. The van der Waals surface area contributed by atoms with E-state index in [1.165, 1.54) is 24.3 Å². The van der Waals surface area contributed by atoms with Gasteiger partial charge in [0.05, 0.1) is 4.92 Å². The first-order chi connectivity index (χ1) is 9.95. The summed E-state index contributed by atoms with van der Waals surface area (Å²) in [7, 11) is 0. The van der Waals surface area contributed by atoms with E-state index < -0.39 is 4.92 Å². The number of nitro benzene ring substituents is 1. The van der Waals surface area contributed by atoms with Gasteiger partial charge in [0.15, 0.2) is 0 Å². The van der Waals surface area contributed by atoms with Crippen molar-refractivity contribution < 1.29 is 9.31 Å². The highest BCUT2D eigenvalue weighted by Gasteiger charge is 2.17. The van der Waals surface area contributed by atoms with Crippen molar-refractivity contribution in [1.29, 1.82) is 0 Å². The van der Waals surface area contributed by atoms with Crippen LogP contribution in [0.2, 0.25) is 5.02 Å². The van der Waals surface area contributed by atoms with Crippen molar-refractivity contribution in [1.82, 2.24) is 0 Å². The van der Waals surface area contributed by atoms with Crippen molar-refractivity contribution in [3.8, 4) is 0 Å². The summed E-state index contributed by atoms with van der Waals surface area (Å²) in [5.74, 6) is -0.326. The molecule has 2 aromatic rings. The van der Waals surface area contributed by atoms with Gasteiger partial charge < -0.3 is 5.73 Å². The summed E-state index contributed by atoms with van der Waals surface area (Å²) < 4.78 is 13.1. The Balaban J connectivity index is 2.14. The standard InChI is InChI=1S/C15H14ClFN2O2/c16-12-4-5-15(19(20)21)11(8-12)9-14(18)7-10-2-1-3-13(17)6-10/h1-6,8,14H,7,9,18H2. The van der Waals surface area contributed by atoms with Crippen LogP contribution in [0.25, 0.3) is 0 Å². The third-order valence-electron chi connectivity index (χ3n) is 3.11. The number of hydrogen-bond acceptors (Lipinski definition) is 3. The van der Waals surface area contributed by atoms with Gasteiger partial charge in [0.2, 0.25) is 0 Å². The van der Waals surface area contributed by atoms with Gasteiger partial charge in [-0.05, 0) is 42.7 Å². The van der Waals surface area contributed by atoms with E-state index in [9.17, 15) is 14.5 Å². The van der Waals surface area contributed by atoms with E-state index in [2.05, 4.69) is 0 Å². The van der Waals surface area contributed by atoms with Crippen LogP contribution < -0.4 is 5.73 Å². The first-order valence-electron chi connectivity index (χ1n) is 6.38. The fraction of sp³-hybridized carbons (Fsp3) is 0.200. The lowest BCUT2D eigenvalue weighted by atomic mass is 9.98. The molecule has 0 saturated heterocycles. The Hall–Kier alpha value is -1.98. The zero-order valence-electron chi connectivity index (χ0n) is 11.1. The van der Waals surface area contributed by atoms with E-state index >= 15 is 0 Å².